The van der Waals surface area contributed by atoms with Gasteiger partial charge in [-0.15, -0.1) is 0 Å². The summed E-state index contributed by atoms with van der Waals surface area (Å²) in [7, 11) is 0. The molecule has 0 unspecified atom stereocenters. The van der Waals surface area contributed by atoms with Crippen LogP contribution < -0.4 is 5.32 Å². The summed E-state index contributed by atoms with van der Waals surface area (Å²) in [5.74, 6) is 0.330. The summed E-state index contributed by atoms with van der Waals surface area (Å²) in [5.41, 5.74) is 1.01. The summed E-state index contributed by atoms with van der Waals surface area (Å²) < 4.78 is 0. The fourth-order valence-corrected chi connectivity index (χ4v) is 3.13. The van der Waals surface area contributed by atoms with Crippen LogP contribution in [0.5, 0.6) is 0 Å². The molecule has 0 aromatic carbocycles. The van der Waals surface area contributed by atoms with Gasteiger partial charge in [-0.05, 0) is 50.9 Å². The minimum atomic E-state index is -0.0934. The van der Waals surface area contributed by atoms with Crippen molar-refractivity contribution in [2.45, 2.75) is 26.2 Å². The zero-order valence-corrected chi connectivity index (χ0v) is 12.9. The van der Waals surface area contributed by atoms with E-state index >= 15 is 0 Å². The summed E-state index contributed by atoms with van der Waals surface area (Å²) in [6.45, 7) is 9.08. The lowest BCUT2D eigenvalue weighted by Gasteiger charge is -2.32. The number of amides is 1. The molecule has 0 bridgehead atoms. The molecule has 2 fully saturated rings. The Labute approximate surface area is 126 Å². The Hall–Kier alpha value is -1.06. The smallest absolute Gasteiger partial charge is 0.229 e. The van der Waals surface area contributed by atoms with Gasteiger partial charge in [0.2, 0.25) is 5.91 Å². The van der Waals surface area contributed by atoms with E-state index in [0.29, 0.717) is 17.5 Å². The number of likely N-dealkylation sites (tertiary alicyclic amines) is 1. The van der Waals surface area contributed by atoms with Crippen LogP contribution in [0.1, 0.15) is 26.2 Å². The molecule has 20 heavy (non-hydrogen) atoms. The van der Waals surface area contributed by atoms with Gasteiger partial charge in [0, 0.05) is 18.1 Å². The molecule has 110 valence electrons. The van der Waals surface area contributed by atoms with Crippen LogP contribution in [0.25, 0.3) is 0 Å². The average Bonchev–Trinajstić information content (AvgIpc) is 2.73. The normalized spacial score (nSPS) is 23.0. The molecule has 1 N–H and O–H groups in total. The molecule has 2 saturated heterocycles. The molecule has 2 aliphatic heterocycles. The number of carbonyl (C=O) groups is 1. The summed E-state index contributed by atoms with van der Waals surface area (Å²) in [5, 5.41) is 3.84. The minimum Gasteiger partial charge on any atom is -0.338 e. The fourth-order valence-electron chi connectivity index (χ4n) is 3.07. The van der Waals surface area contributed by atoms with E-state index in [4.69, 9.17) is 11.6 Å². The maximum Gasteiger partial charge on any atom is 0.229 e. The average molecular weight is 295 g/mol. The Morgan fingerprint density at radius 2 is 2.10 bits per heavy atom. The molecule has 1 amide bonds. The molecule has 0 aromatic rings. The number of piperidine rings is 1. The van der Waals surface area contributed by atoms with Crippen molar-refractivity contribution in [3.8, 4) is 0 Å². The Kier molecular flexibility index (Phi) is 5.06. The number of allylic oxidation sites excluding steroid dienone is 3. The minimum absolute atomic E-state index is 0.0934. The van der Waals surface area contributed by atoms with Gasteiger partial charge in [-0.1, -0.05) is 30.3 Å². The van der Waals surface area contributed by atoms with Crippen LogP contribution in [-0.4, -0.2) is 37.0 Å². The number of carbonyl (C=O) groups excluding carboxylic acids is 1. The van der Waals surface area contributed by atoms with Crippen molar-refractivity contribution in [3.63, 3.8) is 0 Å². The van der Waals surface area contributed by atoms with E-state index in [2.05, 4.69) is 11.9 Å². The standard InChI is InChI=1S/C16H23ClN2O/c1-3-14(5-4-13(2)17)12-19-11-8-16(15(19)20)6-9-18-10-7-16/h3-5,18H,2,6-12H2,1H3/b5-4-,14-3+. The highest BCUT2D eigenvalue weighted by molar-refractivity contribution is 6.30. The molecule has 0 atom stereocenters. The lowest BCUT2D eigenvalue weighted by Crippen LogP contribution is -2.43. The lowest BCUT2D eigenvalue weighted by atomic mass is 9.78. The second-order valence-corrected chi connectivity index (χ2v) is 6.14. The van der Waals surface area contributed by atoms with Crippen molar-refractivity contribution in [1.82, 2.24) is 10.2 Å². The zero-order valence-electron chi connectivity index (χ0n) is 12.1. The molecule has 0 saturated carbocycles. The molecule has 0 radical (unpaired) electrons. The highest BCUT2D eigenvalue weighted by Gasteiger charge is 2.46. The van der Waals surface area contributed by atoms with E-state index in [1.165, 1.54) is 0 Å². The Bertz CT molecular complexity index is 447. The third-order valence-electron chi connectivity index (χ3n) is 4.38. The Morgan fingerprint density at radius 3 is 2.70 bits per heavy atom. The van der Waals surface area contributed by atoms with Gasteiger partial charge in [0.05, 0.1) is 5.41 Å². The number of halogens is 1. The second-order valence-electron chi connectivity index (χ2n) is 5.65. The molecular formula is C16H23ClN2O. The third kappa shape index (κ3) is 3.33. The van der Waals surface area contributed by atoms with Crippen LogP contribution in [0, 0.1) is 5.41 Å². The van der Waals surface area contributed by atoms with E-state index in [0.717, 1.165) is 44.5 Å². The quantitative estimate of drug-likeness (QED) is 0.809. The molecule has 0 aliphatic carbocycles. The van der Waals surface area contributed by atoms with Crippen molar-refractivity contribution in [3.05, 3.63) is 35.4 Å². The summed E-state index contributed by atoms with van der Waals surface area (Å²) in [6, 6.07) is 0. The van der Waals surface area contributed by atoms with Gasteiger partial charge in [0.25, 0.3) is 0 Å². The van der Waals surface area contributed by atoms with Crippen LogP contribution in [-0.2, 0) is 4.79 Å². The topological polar surface area (TPSA) is 32.3 Å². The maximum absolute atomic E-state index is 12.7. The third-order valence-corrected chi connectivity index (χ3v) is 4.51. The monoisotopic (exact) mass is 294 g/mol. The lowest BCUT2D eigenvalue weighted by molar-refractivity contribution is -0.136. The van der Waals surface area contributed by atoms with E-state index < -0.39 is 0 Å². The first kappa shape index (κ1) is 15.3. The largest absolute Gasteiger partial charge is 0.338 e. The predicted octanol–water partition coefficient (Wildman–Crippen LogP) is 2.84. The molecule has 2 heterocycles. The van der Waals surface area contributed by atoms with Crippen molar-refractivity contribution in [2.24, 2.45) is 5.41 Å². The van der Waals surface area contributed by atoms with Crippen LogP contribution >= 0.6 is 11.6 Å². The molecule has 4 heteroatoms. The summed E-state index contributed by atoms with van der Waals surface area (Å²) in [4.78, 5) is 14.7. The van der Waals surface area contributed by atoms with Gasteiger partial charge in [0.15, 0.2) is 0 Å². The van der Waals surface area contributed by atoms with Crippen LogP contribution in [0.15, 0.2) is 35.4 Å². The maximum atomic E-state index is 12.7. The molecule has 1 spiro atoms. The van der Waals surface area contributed by atoms with Gasteiger partial charge in [-0.25, -0.2) is 0 Å². The van der Waals surface area contributed by atoms with E-state index in [1.807, 2.05) is 24.0 Å². The van der Waals surface area contributed by atoms with Crippen molar-refractivity contribution in [2.75, 3.05) is 26.2 Å². The number of hydrogen-bond acceptors (Lipinski definition) is 2. The zero-order chi connectivity index (χ0) is 14.6. The summed E-state index contributed by atoms with van der Waals surface area (Å²) in [6.07, 6.45) is 8.69. The molecule has 0 aromatic heterocycles. The van der Waals surface area contributed by atoms with Gasteiger partial charge in [0.1, 0.15) is 0 Å². The molecule has 2 aliphatic rings. The van der Waals surface area contributed by atoms with Crippen molar-refractivity contribution >= 4 is 17.5 Å². The Balaban J connectivity index is 2.00. The molecular weight excluding hydrogens is 272 g/mol. The fraction of sp³-hybridized carbons (Fsp3) is 0.562. The number of rotatable bonds is 4. The van der Waals surface area contributed by atoms with E-state index in [-0.39, 0.29) is 5.41 Å². The van der Waals surface area contributed by atoms with E-state index in [1.54, 1.807) is 6.08 Å². The van der Waals surface area contributed by atoms with Gasteiger partial charge in [-0.2, -0.15) is 0 Å². The first-order valence-electron chi connectivity index (χ1n) is 7.25. The Morgan fingerprint density at radius 1 is 1.40 bits per heavy atom. The van der Waals surface area contributed by atoms with Gasteiger partial charge < -0.3 is 10.2 Å². The molecule has 2 rings (SSSR count). The first-order valence-corrected chi connectivity index (χ1v) is 7.63. The van der Waals surface area contributed by atoms with Crippen LogP contribution in [0.3, 0.4) is 0 Å². The van der Waals surface area contributed by atoms with Crippen LogP contribution in [0.2, 0.25) is 0 Å². The number of nitrogens with zero attached hydrogens (tertiary/aromatic N) is 1. The van der Waals surface area contributed by atoms with E-state index in [9.17, 15) is 4.79 Å². The molecule has 3 nitrogen and oxygen atoms in total. The second kappa shape index (κ2) is 6.59. The highest BCUT2D eigenvalue weighted by atomic mass is 35.5. The van der Waals surface area contributed by atoms with Crippen molar-refractivity contribution in [1.29, 1.82) is 0 Å². The van der Waals surface area contributed by atoms with Crippen molar-refractivity contribution < 1.29 is 4.79 Å². The van der Waals surface area contributed by atoms with Gasteiger partial charge in [-0.3, -0.25) is 4.79 Å². The number of hydrogen-bond donors (Lipinski definition) is 1. The SMILES string of the molecule is C=C(Cl)/C=C\C(=C/C)CN1CCC2(CCNCC2)C1=O. The summed E-state index contributed by atoms with van der Waals surface area (Å²) >= 11 is 5.74. The number of nitrogens with one attached hydrogen (secondary N) is 1. The highest BCUT2D eigenvalue weighted by Crippen LogP contribution is 2.40. The van der Waals surface area contributed by atoms with Gasteiger partial charge >= 0.3 is 0 Å². The van der Waals surface area contributed by atoms with Crippen LogP contribution in [0.4, 0.5) is 0 Å². The first-order chi connectivity index (χ1) is 9.57. The predicted molar refractivity (Wildman–Crippen MR) is 83.6 cm³/mol.